The average molecular weight is 343 g/mol. The van der Waals surface area contributed by atoms with Gasteiger partial charge in [0.05, 0.1) is 23.6 Å². The summed E-state index contributed by atoms with van der Waals surface area (Å²) >= 11 is 0. The molecule has 0 saturated carbocycles. The Morgan fingerprint density at radius 2 is 2.27 bits per heavy atom. The number of nitrogens with zero attached hydrogens (tertiary/aromatic N) is 6. The van der Waals surface area contributed by atoms with Crippen molar-refractivity contribution >= 4 is 28.2 Å². The van der Waals surface area contributed by atoms with E-state index in [4.69, 9.17) is 6.57 Å². The summed E-state index contributed by atoms with van der Waals surface area (Å²) in [5.41, 5.74) is 2.62. The van der Waals surface area contributed by atoms with E-state index >= 15 is 0 Å². The van der Waals surface area contributed by atoms with E-state index in [9.17, 15) is 5.26 Å². The summed E-state index contributed by atoms with van der Waals surface area (Å²) in [6.45, 7) is 8.91. The number of H-pyrrole nitrogens is 1. The van der Waals surface area contributed by atoms with Crippen LogP contribution in [-0.2, 0) is 0 Å². The summed E-state index contributed by atoms with van der Waals surface area (Å²) in [6.07, 6.45) is 4.47. The minimum atomic E-state index is 0.310. The quantitative estimate of drug-likeness (QED) is 0.740. The molecule has 7 nitrogen and oxygen atoms in total. The van der Waals surface area contributed by atoms with Crippen LogP contribution in [0.2, 0.25) is 0 Å². The van der Waals surface area contributed by atoms with E-state index < -0.39 is 0 Å². The third-order valence-corrected chi connectivity index (χ3v) is 4.97. The number of nitriles is 1. The van der Waals surface area contributed by atoms with Crippen molar-refractivity contribution in [3.8, 4) is 6.07 Å². The Bertz CT molecular complexity index is 1040. The topological polar surface area (TPSA) is 76.2 Å². The van der Waals surface area contributed by atoms with Crippen molar-refractivity contribution in [2.75, 3.05) is 29.9 Å². The third-order valence-electron chi connectivity index (χ3n) is 4.97. The highest BCUT2D eigenvalue weighted by Gasteiger charge is 2.28. The molecule has 1 aromatic carbocycles. The van der Waals surface area contributed by atoms with Crippen molar-refractivity contribution in [2.45, 2.75) is 12.5 Å². The van der Waals surface area contributed by atoms with Crippen LogP contribution in [-0.4, -0.2) is 41.1 Å². The van der Waals surface area contributed by atoms with Gasteiger partial charge >= 0.3 is 0 Å². The van der Waals surface area contributed by atoms with Gasteiger partial charge in [-0.1, -0.05) is 6.07 Å². The molecule has 1 aliphatic heterocycles. The highest BCUT2D eigenvalue weighted by Crippen LogP contribution is 2.30. The predicted octanol–water partition coefficient (Wildman–Crippen LogP) is 3.10. The fraction of sp³-hybridized carbons (Fsp3) is 0.263. The van der Waals surface area contributed by atoms with Crippen molar-refractivity contribution in [3.05, 3.63) is 53.8 Å². The third kappa shape index (κ3) is 2.60. The highest BCUT2D eigenvalue weighted by atomic mass is 15.3. The molecular weight excluding hydrogens is 326 g/mol. The highest BCUT2D eigenvalue weighted by molar-refractivity contribution is 5.87. The first-order valence-corrected chi connectivity index (χ1v) is 8.38. The number of aromatic amines is 1. The van der Waals surface area contributed by atoms with Gasteiger partial charge in [0.25, 0.3) is 0 Å². The molecule has 0 spiro atoms. The standard InChI is InChI=1S/C19H17N7/c1-21-17-4-3-14(9-13(17)10-20)25(2)15-6-8-26(11-15)19-16-5-7-22-18(16)23-12-24-19/h3-5,7,9,12,15H,6,8,11H2,2H3,(H,22,23,24)/t15-/m1/s1. The van der Waals surface area contributed by atoms with E-state index in [2.05, 4.69) is 35.7 Å². The number of anilines is 2. The Kier molecular flexibility index (Phi) is 3.91. The summed E-state index contributed by atoms with van der Waals surface area (Å²) in [7, 11) is 2.04. The molecule has 7 heteroatoms. The minimum Gasteiger partial charge on any atom is -0.370 e. The number of fused-ring (bicyclic) bond motifs is 1. The monoisotopic (exact) mass is 343 g/mol. The van der Waals surface area contributed by atoms with Gasteiger partial charge in [-0.15, -0.1) is 0 Å². The number of hydrogen-bond donors (Lipinski definition) is 1. The van der Waals surface area contributed by atoms with Gasteiger partial charge < -0.3 is 14.8 Å². The van der Waals surface area contributed by atoms with Gasteiger partial charge in [-0.05, 0) is 24.6 Å². The van der Waals surface area contributed by atoms with Gasteiger partial charge in [-0.25, -0.2) is 14.8 Å². The fourth-order valence-corrected chi connectivity index (χ4v) is 3.50. The molecular formula is C19H17N7. The molecule has 0 unspecified atom stereocenters. The number of hydrogen-bond acceptors (Lipinski definition) is 5. The normalized spacial score (nSPS) is 16.4. The maximum atomic E-state index is 9.25. The Labute approximate surface area is 151 Å². The van der Waals surface area contributed by atoms with Gasteiger partial charge in [0, 0.05) is 38.1 Å². The van der Waals surface area contributed by atoms with Crippen molar-refractivity contribution < 1.29 is 0 Å². The zero-order chi connectivity index (χ0) is 18.1. The molecule has 0 amide bonds. The predicted molar refractivity (Wildman–Crippen MR) is 100 cm³/mol. The molecule has 1 saturated heterocycles. The second-order valence-corrected chi connectivity index (χ2v) is 6.36. The zero-order valence-corrected chi connectivity index (χ0v) is 14.3. The molecule has 1 N–H and O–H groups in total. The second kappa shape index (κ2) is 6.38. The maximum absolute atomic E-state index is 9.25. The number of benzene rings is 1. The van der Waals surface area contributed by atoms with Crippen LogP contribution in [0.3, 0.4) is 0 Å². The first kappa shape index (κ1) is 15.9. The van der Waals surface area contributed by atoms with E-state index in [0.717, 1.165) is 42.0 Å². The summed E-state index contributed by atoms with van der Waals surface area (Å²) in [5, 5.41) is 10.3. The lowest BCUT2D eigenvalue weighted by molar-refractivity contribution is 0.692. The number of rotatable bonds is 3. The van der Waals surface area contributed by atoms with E-state index in [1.807, 2.05) is 25.4 Å². The van der Waals surface area contributed by atoms with Crippen molar-refractivity contribution in [3.63, 3.8) is 0 Å². The summed E-state index contributed by atoms with van der Waals surface area (Å²) in [5.74, 6) is 0.952. The first-order chi connectivity index (χ1) is 12.7. The maximum Gasteiger partial charge on any atom is 0.204 e. The molecule has 1 atom stereocenters. The van der Waals surface area contributed by atoms with Gasteiger partial charge in [0.2, 0.25) is 5.69 Å². The minimum absolute atomic E-state index is 0.310. The first-order valence-electron chi connectivity index (χ1n) is 8.38. The van der Waals surface area contributed by atoms with Crippen molar-refractivity contribution in [1.82, 2.24) is 15.0 Å². The van der Waals surface area contributed by atoms with Crippen LogP contribution in [0.1, 0.15) is 12.0 Å². The molecule has 26 heavy (non-hydrogen) atoms. The van der Waals surface area contributed by atoms with Crippen LogP contribution < -0.4 is 9.80 Å². The largest absolute Gasteiger partial charge is 0.370 e. The molecule has 128 valence electrons. The van der Waals surface area contributed by atoms with E-state index in [1.54, 1.807) is 18.5 Å². The summed E-state index contributed by atoms with van der Waals surface area (Å²) in [6, 6.07) is 9.85. The molecule has 3 heterocycles. The van der Waals surface area contributed by atoms with E-state index in [0.29, 0.717) is 17.3 Å². The average Bonchev–Trinajstić information content (AvgIpc) is 3.36. The van der Waals surface area contributed by atoms with E-state index in [-0.39, 0.29) is 0 Å². The lowest BCUT2D eigenvalue weighted by Crippen LogP contribution is -2.34. The van der Waals surface area contributed by atoms with E-state index in [1.165, 1.54) is 0 Å². The summed E-state index contributed by atoms with van der Waals surface area (Å²) < 4.78 is 0. The van der Waals surface area contributed by atoms with Crippen molar-refractivity contribution in [2.24, 2.45) is 0 Å². The van der Waals surface area contributed by atoms with Gasteiger partial charge in [0.1, 0.15) is 17.8 Å². The Morgan fingerprint density at radius 1 is 1.38 bits per heavy atom. The van der Waals surface area contributed by atoms with Gasteiger partial charge in [-0.3, -0.25) is 0 Å². The molecule has 3 aromatic rings. The zero-order valence-electron chi connectivity index (χ0n) is 14.3. The molecule has 2 aromatic heterocycles. The Balaban J connectivity index is 1.56. The fourth-order valence-electron chi connectivity index (χ4n) is 3.50. The van der Waals surface area contributed by atoms with Crippen LogP contribution in [0.25, 0.3) is 15.9 Å². The van der Waals surface area contributed by atoms with Crippen LogP contribution in [0, 0.1) is 17.9 Å². The van der Waals surface area contributed by atoms with Crippen LogP contribution in [0.15, 0.2) is 36.8 Å². The van der Waals surface area contributed by atoms with Crippen LogP contribution in [0.4, 0.5) is 17.2 Å². The lowest BCUT2D eigenvalue weighted by Gasteiger charge is -2.27. The number of nitrogens with one attached hydrogen (secondary N) is 1. The smallest absolute Gasteiger partial charge is 0.204 e. The SMILES string of the molecule is [C-]#[N+]c1ccc(N(C)[C@@H]2CCN(c3ncnc4[nH]ccc34)C2)cc1C#N. The molecule has 0 bridgehead atoms. The molecule has 1 aliphatic rings. The molecule has 1 fully saturated rings. The molecule has 0 aliphatic carbocycles. The number of aromatic nitrogens is 3. The Morgan fingerprint density at radius 3 is 3.08 bits per heavy atom. The number of likely N-dealkylation sites (N-methyl/N-ethyl adjacent to an activating group) is 1. The van der Waals surface area contributed by atoms with Gasteiger partial charge in [0.15, 0.2) is 0 Å². The van der Waals surface area contributed by atoms with Gasteiger partial charge in [-0.2, -0.15) is 5.26 Å². The Hall–Kier alpha value is -3.58. The van der Waals surface area contributed by atoms with Crippen LogP contribution >= 0.6 is 0 Å². The summed E-state index contributed by atoms with van der Waals surface area (Å²) in [4.78, 5) is 19.7. The van der Waals surface area contributed by atoms with Crippen LogP contribution in [0.5, 0.6) is 0 Å². The molecule has 4 rings (SSSR count). The molecule has 0 radical (unpaired) electrons. The second-order valence-electron chi connectivity index (χ2n) is 6.36. The lowest BCUT2D eigenvalue weighted by atomic mass is 10.1. The van der Waals surface area contributed by atoms with Crippen molar-refractivity contribution in [1.29, 1.82) is 5.26 Å².